The van der Waals surface area contributed by atoms with Crippen molar-refractivity contribution in [2.24, 2.45) is 0 Å². The molecule has 16 heavy (non-hydrogen) atoms. The van der Waals surface area contributed by atoms with Crippen molar-refractivity contribution in [1.82, 2.24) is 9.97 Å². The highest BCUT2D eigenvalue weighted by molar-refractivity contribution is 6.29. The van der Waals surface area contributed by atoms with Gasteiger partial charge in [0.25, 0.3) is 5.69 Å². The van der Waals surface area contributed by atoms with Gasteiger partial charge in [-0.25, -0.2) is 4.98 Å². The van der Waals surface area contributed by atoms with Gasteiger partial charge in [-0.2, -0.15) is 0 Å². The summed E-state index contributed by atoms with van der Waals surface area (Å²) >= 11 is 5.59. The number of hydrogen-bond acceptors (Lipinski definition) is 4. The van der Waals surface area contributed by atoms with E-state index >= 15 is 0 Å². The van der Waals surface area contributed by atoms with Crippen molar-refractivity contribution in [3.63, 3.8) is 0 Å². The number of benzene rings is 1. The van der Waals surface area contributed by atoms with Crippen molar-refractivity contribution < 1.29 is 4.92 Å². The molecule has 0 radical (unpaired) electrons. The lowest BCUT2D eigenvalue weighted by Crippen LogP contribution is -1.93. The highest BCUT2D eigenvalue weighted by Crippen LogP contribution is 2.27. The largest absolute Gasteiger partial charge is 0.278 e. The van der Waals surface area contributed by atoms with Crippen LogP contribution < -0.4 is 0 Å². The van der Waals surface area contributed by atoms with Crippen LogP contribution in [0.3, 0.4) is 0 Å². The van der Waals surface area contributed by atoms with Gasteiger partial charge in [0.05, 0.1) is 28.6 Å². The second-order valence-corrected chi connectivity index (χ2v) is 3.39. The summed E-state index contributed by atoms with van der Waals surface area (Å²) in [5.74, 6) is 0. The highest BCUT2D eigenvalue weighted by Gasteiger charge is 2.14. The van der Waals surface area contributed by atoms with Crippen LogP contribution in [-0.2, 0) is 0 Å². The molecule has 0 atom stereocenters. The number of nitro benzene ring substituents is 1. The van der Waals surface area contributed by atoms with Crippen LogP contribution in [0, 0.1) is 10.1 Å². The summed E-state index contributed by atoms with van der Waals surface area (Å²) < 4.78 is 0. The molecule has 0 aliphatic rings. The molecule has 0 fully saturated rings. The van der Waals surface area contributed by atoms with Crippen molar-refractivity contribution in [1.29, 1.82) is 0 Å². The van der Waals surface area contributed by atoms with E-state index < -0.39 is 4.92 Å². The van der Waals surface area contributed by atoms with Crippen molar-refractivity contribution >= 4 is 17.3 Å². The molecule has 0 saturated heterocycles. The summed E-state index contributed by atoms with van der Waals surface area (Å²) in [6.07, 6.45) is 2.76. The lowest BCUT2D eigenvalue weighted by Gasteiger charge is -2.01. The Morgan fingerprint density at radius 3 is 2.56 bits per heavy atom. The summed E-state index contributed by atoms with van der Waals surface area (Å²) in [4.78, 5) is 18.2. The van der Waals surface area contributed by atoms with Gasteiger partial charge in [-0.3, -0.25) is 15.1 Å². The first-order chi connectivity index (χ1) is 7.68. The minimum atomic E-state index is -0.453. The fourth-order valence-corrected chi connectivity index (χ4v) is 1.40. The van der Waals surface area contributed by atoms with Crippen LogP contribution in [0.5, 0.6) is 0 Å². The number of nitro groups is 1. The fraction of sp³-hybridized carbons (Fsp3) is 0. The van der Waals surface area contributed by atoms with E-state index in [1.807, 2.05) is 0 Å². The SMILES string of the molecule is O=[N+]([O-])c1ccccc1-c1cnc(Cl)cn1. The first-order valence-corrected chi connectivity index (χ1v) is 4.77. The maximum absolute atomic E-state index is 10.8. The molecule has 1 aromatic carbocycles. The van der Waals surface area contributed by atoms with Crippen LogP contribution in [0.1, 0.15) is 0 Å². The van der Waals surface area contributed by atoms with Crippen molar-refractivity contribution in [3.05, 3.63) is 51.9 Å². The second-order valence-electron chi connectivity index (χ2n) is 3.00. The average Bonchev–Trinajstić information content (AvgIpc) is 2.30. The second kappa shape index (κ2) is 4.24. The molecular formula is C10H6ClN3O2. The molecule has 0 aliphatic carbocycles. The zero-order valence-corrected chi connectivity index (χ0v) is 8.76. The Balaban J connectivity index is 2.55. The Bertz CT molecular complexity index is 528. The summed E-state index contributed by atoms with van der Waals surface area (Å²) in [5.41, 5.74) is 0.854. The van der Waals surface area contributed by atoms with E-state index in [0.717, 1.165) is 0 Å². The number of hydrogen-bond donors (Lipinski definition) is 0. The minimum Gasteiger partial charge on any atom is -0.258 e. The fourth-order valence-electron chi connectivity index (χ4n) is 1.30. The Morgan fingerprint density at radius 2 is 1.94 bits per heavy atom. The van der Waals surface area contributed by atoms with Crippen molar-refractivity contribution in [3.8, 4) is 11.3 Å². The zero-order valence-electron chi connectivity index (χ0n) is 8.00. The van der Waals surface area contributed by atoms with Crippen molar-refractivity contribution in [2.75, 3.05) is 0 Å². The van der Waals surface area contributed by atoms with Gasteiger partial charge in [0.2, 0.25) is 0 Å². The van der Waals surface area contributed by atoms with E-state index in [2.05, 4.69) is 9.97 Å². The standard InChI is InChI=1S/C10H6ClN3O2/c11-10-6-12-8(5-13-10)7-3-1-2-4-9(7)14(15)16/h1-6H. The Hall–Kier alpha value is -2.01. The monoisotopic (exact) mass is 235 g/mol. The van der Waals surface area contributed by atoms with E-state index in [-0.39, 0.29) is 10.8 Å². The first kappa shape index (κ1) is 10.5. The number of nitrogens with zero attached hydrogens (tertiary/aromatic N) is 3. The van der Waals surface area contributed by atoms with E-state index in [0.29, 0.717) is 11.3 Å². The molecule has 0 bridgehead atoms. The molecular weight excluding hydrogens is 230 g/mol. The van der Waals surface area contributed by atoms with Gasteiger partial charge in [0.15, 0.2) is 0 Å². The molecule has 2 aromatic rings. The molecule has 0 unspecified atom stereocenters. The summed E-state index contributed by atoms with van der Waals surface area (Å²) in [5, 5.41) is 11.0. The molecule has 0 spiro atoms. The summed E-state index contributed by atoms with van der Waals surface area (Å²) in [6.45, 7) is 0. The quantitative estimate of drug-likeness (QED) is 0.593. The van der Waals surface area contributed by atoms with Gasteiger partial charge in [-0.1, -0.05) is 23.7 Å². The Kier molecular flexibility index (Phi) is 2.78. The molecule has 0 N–H and O–H groups in total. The molecule has 2 rings (SSSR count). The third-order valence-corrected chi connectivity index (χ3v) is 2.19. The summed E-state index contributed by atoms with van der Waals surface area (Å²) in [6, 6.07) is 6.35. The molecule has 5 nitrogen and oxygen atoms in total. The normalized spacial score (nSPS) is 10.1. The Labute approximate surface area is 95.9 Å². The predicted octanol–water partition coefficient (Wildman–Crippen LogP) is 2.71. The molecule has 0 aliphatic heterocycles. The van der Waals surface area contributed by atoms with Crippen LogP contribution in [0.25, 0.3) is 11.3 Å². The van der Waals surface area contributed by atoms with E-state index in [1.54, 1.807) is 18.2 Å². The zero-order chi connectivity index (χ0) is 11.5. The van der Waals surface area contributed by atoms with Crippen molar-refractivity contribution in [2.45, 2.75) is 0 Å². The maximum atomic E-state index is 10.8. The average molecular weight is 236 g/mol. The lowest BCUT2D eigenvalue weighted by molar-refractivity contribution is -0.384. The predicted molar refractivity (Wildman–Crippen MR) is 59.1 cm³/mol. The third kappa shape index (κ3) is 1.99. The van der Waals surface area contributed by atoms with Gasteiger partial charge >= 0.3 is 0 Å². The van der Waals surface area contributed by atoms with Crippen LogP contribution >= 0.6 is 11.6 Å². The summed E-state index contributed by atoms with van der Waals surface area (Å²) in [7, 11) is 0. The molecule has 80 valence electrons. The van der Waals surface area contributed by atoms with E-state index in [1.165, 1.54) is 18.5 Å². The molecule has 1 aromatic heterocycles. The van der Waals surface area contributed by atoms with Gasteiger partial charge in [-0.05, 0) is 6.07 Å². The number of aromatic nitrogens is 2. The van der Waals surface area contributed by atoms with Gasteiger partial charge in [0, 0.05) is 6.07 Å². The van der Waals surface area contributed by atoms with Crippen LogP contribution in [0.15, 0.2) is 36.7 Å². The topological polar surface area (TPSA) is 68.9 Å². The van der Waals surface area contributed by atoms with Gasteiger partial charge in [-0.15, -0.1) is 0 Å². The number of rotatable bonds is 2. The van der Waals surface area contributed by atoms with Gasteiger partial charge < -0.3 is 0 Å². The Morgan fingerprint density at radius 1 is 1.19 bits per heavy atom. The highest BCUT2D eigenvalue weighted by atomic mass is 35.5. The maximum Gasteiger partial charge on any atom is 0.278 e. The van der Waals surface area contributed by atoms with E-state index in [4.69, 9.17) is 11.6 Å². The first-order valence-electron chi connectivity index (χ1n) is 4.40. The number of halogens is 1. The molecule has 0 saturated carbocycles. The lowest BCUT2D eigenvalue weighted by atomic mass is 10.1. The van der Waals surface area contributed by atoms with E-state index in [9.17, 15) is 10.1 Å². The minimum absolute atomic E-state index is 0.000813. The third-order valence-electron chi connectivity index (χ3n) is 2.00. The van der Waals surface area contributed by atoms with Crippen LogP contribution in [-0.4, -0.2) is 14.9 Å². The van der Waals surface area contributed by atoms with Gasteiger partial charge in [0.1, 0.15) is 5.15 Å². The molecule has 1 heterocycles. The smallest absolute Gasteiger partial charge is 0.258 e. The van der Waals surface area contributed by atoms with Crippen LogP contribution in [0.4, 0.5) is 5.69 Å². The molecule has 0 amide bonds. The number of para-hydroxylation sites is 1. The molecule has 6 heteroatoms. The van der Waals surface area contributed by atoms with Crippen LogP contribution in [0.2, 0.25) is 5.15 Å².